The van der Waals surface area contributed by atoms with Crippen molar-refractivity contribution in [1.82, 2.24) is 19.3 Å². The molecular formula is C21H19N5O3S. The molecule has 0 bridgehead atoms. The second kappa shape index (κ2) is 8.42. The molecule has 0 aliphatic rings. The summed E-state index contributed by atoms with van der Waals surface area (Å²) in [7, 11) is 1.64. The number of ether oxygens (including phenoxy) is 1. The average Bonchev–Trinajstić information content (AvgIpc) is 3.41. The third kappa shape index (κ3) is 3.79. The molecule has 0 radical (unpaired) electrons. The van der Waals surface area contributed by atoms with Crippen LogP contribution in [0.4, 0.5) is 5.69 Å². The van der Waals surface area contributed by atoms with E-state index < -0.39 is 4.92 Å². The van der Waals surface area contributed by atoms with Gasteiger partial charge in [0.25, 0.3) is 5.69 Å². The van der Waals surface area contributed by atoms with Crippen LogP contribution in [0.15, 0.2) is 72.3 Å². The zero-order valence-corrected chi connectivity index (χ0v) is 17.2. The van der Waals surface area contributed by atoms with Crippen molar-refractivity contribution in [3.05, 3.63) is 82.9 Å². The molecule has 0 saturated carbocycles. The Morgan fingerprint density at radius 3 is 2.63 bits per heavy atom. The second-order valence-electron chi connectivity index (χ2n) is 6.49. The number of thioether (sulfide) groups is 1. The summed E-state index contributed by atoms with van der Waals surface area (Å²) >= 11 is 1.55. The highest BCUT2D eigenvalue weighted by Gasteiger charge is 2.21. The number of benzene rings is 2. The first-order valence-corrected chi connectivity index (χ1v) is 10.3. The van der Waals surface area contributed by atoms with Crippen LogP contribution in [0.1, 0.15) is 5.56 Å². The minimum Gasteiger partial charge on any atom is -0.497 e. The zero-order chi connectivity index (χ0) is 21.1. The summed E-state index contributed by atoms with van der Waals surface area (Å²) < 4.78 is 9.27. The molecule has 0 saturated heterocycles. The maximum atomic E-state index is 11.0. The Labute approximate surface area is 177 Å². The number of nitrogens with zero attached hydrogens (tertiary/aromatic N) is 5. The topological polar surface area (TPSA) is 88.0 Å². The smallest absolute Gasteiger partial charge is 0.269 e. The van der Waals surface area contributed by atoms with Crippen molar-refractivity contribution in [3.8, 4) is 22.7 Å². The highest BCUT2D eigenvalue weighted by Crippen LogP contribution is 2.36. The van der Waals surface area contributed by atoms with E-state index in [2.05, 4.69) is 4.98 Å². The number of hydrogen-bond donors (Lipinski definition) is 0. The largest absolute Gasteiger partial charge is 0.497 e. The van der Waals surface area contributed by atoms with Gasteiger partial charge in [-0.05, 0) is 24.0 Å². The summed E-state index contributed by atoms with van der Waals surface area (Å²) in [5.41, 5.74) is 3.77. The normalized spacial score (nSPS) is 10.9. The number of imidazole rings is 1. The average molecular weight is 421 g/mol. The third-order valence-corrected chi connectivity index (χ3v) is 5.34. The van der Waals surface area contributed by atoms with E-state index in [0.717, 1.165) is 33.3 Å². The molecule has 0 aliphatic heterocycles. The highest BCUT2D eigenvalue weighted by molar-refractivity contribution is 7.98. The fourth-order valence-electron chi connectivity index (χ4n) is 3.26. The first-order valence-electron chi connectivity index (χ1n) is 9.11. The molecule has 0 atom stereocenters. The molecule has 2 aromatic carbocycles. The molecular weight excluding hydrogens is 402 g/mol. The van der Waals surface area contributed by atoms with Crippen LogP contribution in [-0.4, -0.2) is 37.6 Å². The van der Waals surface area contributed by atoms with E-state index in [4.69, 9.17) is 9.84 Å². The first kappa shape index (κ1) is 19.7. The van der Waals surface area contributed by atoms with Gasteiger partial charge in [-0.15, -0.1) is 11.8 Å². The van der Waals surface area contributed by atoms with E-state index in [9.17, 15) is 10.1 Å². The summed E-state index contributed by atoms with van der Waals surface area (Å²) in [6, 6.07) is 14.3. The molecule has 4 aromatic rings. The Bertz CT molecular complexity index is 1170. The van der Waals surface area contributed by atoms with Crippen LogP contribution in [0.5, 0.6) is 5.75 Å². The van der Waals surface area contributed by atoms with Gasteiger partial charge in [0.2, 0.25) is 0 Å². The van der Waals surface area contributed by atoms with Gasteiger partial charge in [0.05, 0.1) is 30.6 Å². The number of aromatic nitrogens is 4. The Morgan fingerprint density at radius 2 is 2.00 bits per heavy atom. The molecule has 0 amide bonds. The van der Waals surface area contributed by atoms with Gasteiger partial charge >= 0.3 is 0 Å². The summed E-state index contributed by atoms with van der Waals surface area (Å²) in [5, 5.41) is 16.6. The van der Waals surface area contributed by atoms with Crippen LogP contribution in [0.2, 0.25) is 0 Å². The lowest BCUT2D eigenvalue weighted by Crippen LogP contribution is -2.05. The number of nitro benzene ring substituents is 1. The predicted molar refractivity (Wildman–Crippen MR) is 115 cm³/mol. The van der Waals surface area contributed by atoms with Crippen molar-refractivity contribution in [2.24, 2.45) is 0 Å². The van der Waals surface area contributed by atoms with Gasteiger partial charge in [0.15, 0.2) is 0 Å². The Morgan fingerprint density at radius 1 is 1.20 bits per heavy atom. The van der Waals surface area contributed by atoms with Gasteiger partial charge in [0.1, 0.15) is 16.5 Å². The Kier molecular flexibility index (Phi) is 5.53. The number of rotatable bonds is 7. The number of hydrogen-bond acceptors (Lipinski definition) is 6. The molecule has 2 heterocycles. The molecule has 30 heavy (non-hydrogen) atoms. The zero-order valence-electron chi connectivity index (χ0n) is 16.4. The molecule has 0 unspecified atom stereocenters. The highest BCUT2D eigenvalue weighted by atomic mass is 32.2. The minimum atomic E-state index is -0.400. The fourth-order valence-corrected chi connectivity index (χ4v) is 3.83. The van der Waals surface area contributed by atoms with E-state index in [0.29, 0.717) is 6.54 Å². The lowest BCUT2D eigenvalue weighted by Gasteiger charge is -2.12. The molecule has 4 rings (SSSR count). The maximum Gasteiger partial charge on any atom is 0.269 e. The molecule has 9 heteroatoms. The van der Waals surface area contributed by atoms with Gasteiger partial charge in [-0.1, -0.05) is 24.3 Å². The van der Waals surface area contributed by atoms with E-state index in [1.54, 1.807) is 43.5 Å². The van der Waals surface area contributed by atoms with E-state index in [-0.39, 0.29) is 5.69 Å². The van der Waals surface area contributed by atoms with Gasteiger partial charge in [-0.3, -0.25) is 14.8 Å². The van der Waals surface area contributed by atoms with Gasteiger partial charge in [-0.2, -0.15) is 5.10 Å². The summed E-state index contributed by atoms with van der Waals surface area (Å²) in [6.45, 7) is 0.465. The monoisotopic (exact) mass is 421 g/mol. The van der Waals surface area contributed by atoms with Crippen LogP contribution in [0.3, 0.4) is 0 Å². The third-order valence-electron chi connectivity index (χ3n) is 4.68. The molecule has 0 fully saturated rings. The van der Waals surface area contributed by atoms with Crippen LogP contribution in [-0.2, 0) is 6.54 Å². The van der Waals surface area contributed by atoms with E-state index in [1.165, 1.54) is 12.1 Å². The SMILES string of the molecule is COc1cccc(-c2c(-n3ccnc3)c(SC)nn2Cc2ccc([N+](=O)[O-])cc2)c1. The number of non-ortho nitro benzene ring substituents is 1. The lowest BCUT2D eigenvalue weighted by molar-refractivity contribution is -0.384. The maximum absolute atomic E-state index is 11.0. The number of nitro groups is 1. The van der Waals surface area contributed by atoms with Gasteiger partial charge in [-0.25, -0.2) is 4.98 Å². The van der Waals surface area contributed by atoms with Gasteiger partial charge < -0.3 is 9.30 Å². The van der Waals surface area contributed by atoms with Crippen molar-refractivity contribution >= 4 is 17.4 Å². The molecule has 0 spiro atoms. The van der Waals surface area contributed by atoms with E-state index in [1.807, 2.05) is 46.0 Å². The van der Waals surface area contributed by atoms with Gasteiger partial charge in [0, 0.05) is 30.1 Å². The van der Waals surface area contributed by atoms with Crippen LogP contribution in [0, 0.1) is 10.1 Å². The van der Waals surface area contributed by atoms with Crippen LogP contribution < -0.4 is 4.74 Å². The van der Waals surface area contributed by atoms with E-state index >= 15 is 0 Å². The Balaban J connectivity index is 1.86. The quantitative estimate of drug-likeness (QED) is 0.249. The summed E-state index contributed by atoms with van der Waals surface area (Å²) in [6.07, 6.45) is 7.34. The number of methoxy groups -OCH3 is 1. The lowest BCUT2D eigenvalue weighted by atomic mass is 10.1. The van der Waals surface area contributed by atoms with Crippen LogP contribution in [0.25, 0.3) is 16.9 Å². The van der Waals surface area contributed by atoms with Crippen molar-refractivity contribution in [3.63, 3.8) is 0 Å². The molecule has 2 aromatic heterocycles. The van der Waals surface area contributed by atoms with Crippen molar-refractivity contribution in [2.45, 2.75) is 11.6 Å². The molecule has 0 aliphatic carbocycles. The summed E-state index contributed by atoms with van der Waals surface area (Å²) in [4.78, 5) is 14.7. The predicted octanol–water partition coefficient (Wildman–Crippen LogP) is 4.42. The van der Waals surface area contributed by atoms with Crippen molar-refractivity contribution < 1.29 is 9.66 Å². The Hall–Kier alpha value is -3.59. The minimum absolute atomic E-state index is 0.0659. The van der Waals surface area contributed by atoms with Crippen molar-refractivity contribution in [1.29, 1.82) is 0 Å². The van der Waals surface area contributed by atoms with Crippen LogP contribution >= 0.6 is 11.8 Å². The molecule has 0 N–H and O–H groups in total. The summed E-state index contributed by atoms with van der Waals surface area (Å²) in [5.74, 6) is 0.748. The fraction of sp³-hybridized carbons (Fsp3) is 0.143. The molecule has 152 valence electrons. The molecule has 8 nitrogen and oxygen atoms in total. The second-order valence-corrected chi connectivity index (χ2v) is 7.28. The standard InChI is InChI=1S/C21H19N5O3S/c1-29-18-5-3-4-16(12-18)19-20(24-11-10-22-14-24)21(30-2)23-25(19)13-15-6-8-17(9-7-15)26(27)28/h3-12,14H,13H2,1-2H3. The first-order chi connectivity index (χ1) is 14.6. The van der Waals surface area contributed by atoms with Crippen molar-refractivity contribution in [2.75, 3.05) is 13.4 Å².